The first-order chi connectivity index (χ1) is 6.80. The van der Waals surface area contributed by atoms with Crippen LogP contribution in [-0.2, 0) is 12.7 Å². The highest BCUT2D eigenvalue weighted by atomic mass is 35.5. The van der Waals surface area contributed by atoms with Gasteiger partial charge in [0, 0.05) is 10.5 Å². The van der Waals surface area contributed by atoms with E-state index in [1.165, 1.54) is 6.07 Å². The summed E-state index contributed by atoms with van der Waals surface area (Å²) in [5, 5.41) is 9.64. The van der Waals surface area contributed by atoms with Gasteiger partial charge in [-0.1, -0.05) is 17.7 Å². The molecule has 15 heavy (non-hydrogen) atoms. The van der Waals surface area contributed by atoms with Gasteiger partial charge >= 0.3 is 6.18 Å². The van der Waals surface area contributed by atoms with E-state index in [-0.39, 0.29) is 5.56 Å². The van der Waals surface area contributed by atoms with Crippen LogP contribution in [0, 0.1) is 10.1 Å². The number of alkyl halides is 3. The third-order valence-corrected chi connectivity index (χ3v) is 1.98. The molecule has 3 nitrogen and oxygen atoms in total. The van der Waals surface area contributed by atoms with Crippen molar-refractivity contribution in [3.63, 3.8) is 0 Å². The van der Waals surface area contributed by atoms with Crippen molar-refractivity contribution >= 4 is 11.6 Å². The van der Waals surface area contributed by atoms with E-state index in [9.17, 15) is 23.3 Å². The lowest BCUT2D eigenvalue weighted by molar-refractivity contribution is -0.496. The highest BCUT2D eigenvalue weighted by Gasteiger charge is 2.33. The minimum absolute atomic E-state index is 0.0308. The maximum Gasteiger partial charge on any atom is 0.417 e. The molecule has 0 saturated heterocycles. The third kappa shape index (κ3) is 3.09. The van der Waals surface area contributed by atoms with E-state index in [2.05, 4.69) is 0 Å². The molecule has 0 bridgehead atoms. The Morgan fingerprint density at radius 3 is 2.47 bits per heavy atom. The monoisotopic (exact) mass is 239 g/mol. The average molecular weight is 240 g/mol. The lowest BCUT2D eigenvalue weighted by Gasteiger charge is -2.09. The van der Waals surface area contributed by atoms with Gasteiger partial charge in [0.25, 0.3) is 0 Å². The first-order valence-corrected chi connectivity index (χ1v) is 4.16. The first-order valence-electron chi connectivity index (χ1n) is 3.78. The molecule has 0 unspecified atom stereocenters. The van der Waals surface area contributed by atoms with Crippen LogP contribution in [0.25, 0.3) is 0 Å². The standard InChI is InChI=1S/C8H5ClF3NO2/c9-7-2-1-5(4-13(14)15)3-6(7)8(10,11)12/h1-3H,4H2. The Bertz CT molecular complexity index is 392. The first kappa shape index (κ1) is 11.8. The Labute approximate surface area is 87.6 Å². The number of benzene rings is 1. The van der Waals surface area contributed by atoms with Crippen LogP contribution in [0.1, 0.15) is 11.1 Å². The van der Waals surface area contributed by atoms with Gasteiger partial charge in [-0.15, -0.1) is 0 Å². The molecule has 0 aliphatic heterocycles. The minimum Gasteiger partial charge on any atom is -0.264 e. The lowest BCUT2D eigenvalue weighted by Crippen LogP contribution is -2.07. The Hall–Kier alpha value is -1.30. The van der Waals surface area contributed by atoms with Crippen molar-refractivity contribution in [2.24, 2.45) is 0 Å². The topological polar surface area (TPSA) is 43.1 Å². The number of hydrogen-bond acceptors (Lipinski definition) is 2. The van der Waals surface area contributed by atoms with Crippen molar-refractivity contribution < 1.29 is 18.1 Å². The number of hydrogen-bond donors (Lipinski definition) is 0. The summed E-state index contributed by atoms with van der Waals surface area (Å²) in [5.74, 6) is 0. The third-order valence-electron chi connectivity index (χ3n) is 1.65. The second-order valence-corrected chi connectivity index (χ2v) is 3.21. The summed E-state index contributed by atoms with van der Waals surface area (Å²) in [6, 6.07) is 2.88. The Kier molecular flexibility index (Phi) is 3.18. The minimum atomic E-state index is -4.59. The second kappa shape index (κ2) is 4.06. The summed E-state index contributed by atoms with van der Waals surface area (Å²) in [6.07, 6.45) is -4.59. The summed E-state index contributed by atoms with van der Waals surface area (Å²) < 4.78 is 36.9. The second-order valence-electron chi connectivity index (χ2n) is 2.80. The van der Waals surface area contributed by atoms with Gasteiger partial charge in [0.15, 0.2) is 0 Å². The fourth-order valence-electron chi connectivity index (χ4n) is 1.04. The number of nitrogens with zero attached hydrogens (tertiary/aromatic N) is 1. The zero-order chi connectivity index (χ0) is 11.6. The van der Waals surface area contributed by atoms with E-state index < -0.39 is 28.2 Å². The van der Waals surface area contributed by atoms with Gasteiger partial charge in [-0.25, -0.2) is 0 Å². The number of nitro groups is 1. The van der Waals surface area contributed by atoms with Crippen molar-refractivity contribution in [2.45, 2.75) is 12.7 Å². The molecule has 0 spiro atoms. The van der Waals surface area contributed by atoms with Crippen LogP contribution >= 0.6 is 11.6 Å². The molecular formula is C8H5ClF3NO2. The number of rotatable bonds is 2. The highest BCUT2D eigenvalue weighted by molar-refractivity contribution is 6.31. The molecule has 0 heterocycles. The molecule has 0 fully saturated rings. The van der Waals surface area contributed by atoms with Gasteiger partial charge in [-0.3, -0.25) is 10.1 Å². The summed E-state index contributed by atoms with van der Waals surface area (Å²) in [6.45, 7) is -0.653. The lowest BCUT2D eigenvalue weighted by atomic mass is 10.1. The predicted octanol–water partition coefficient (Wildman–Crippen LogP) is 3.14. The van der Waals surface area contributed by atoms with Crippen LogP contribution < -0.4 is 0 Å². The fraction of sp³-hybridized carbons (Fsp3) is 0.250. The Morgan fingerprint density at radius 2 is 2.00 bits per heavy atom. The van der Waals surface area contributed by atoms with Gasteiger partial charge in [-0.2, -0.15) is 13.2 Å². The molecule has 82 valence electrons. The molecule has 1 aromatic rings. The van der Waals surface area contributed by atoms with Crippen LogP contribution in [0.2, 0.25) is 5.02 Å². The van der Waals surface area contributed by atoms with E-state index in [0.29, 0.717) is 6.07 Å². The van der Waals surface area contributed by atoms with Crippen molar-refractivity contribution in [1.82, 2.24) is 0 Å². The summed E-state index contributed by atoms with van der Waals surface area (Å²) in [7, 11) is 0. The summed E-state index contributed by atoms with van der Waals surface area (Å²) >= 11 is 5.33. The van der Waals surface area contributed by atoms with Crippen LogP contribution in [-0.4, -0.2) is 4.92 Å². The molecule has 0 atom stereocenters. The molecule has 0 aliphatic carbocycles. The van der Waals surface area contributed by atoms with Crippen LogP contribution in [0.3, 0.4) is 0 Å². The smallest absolute Gasteiger partial charge is 0.264 e. The molecule has 0 saturated carbocycles. The molecule has 0 N–H and O–H groups in total. The number of halogens is 4. The summed E-state index contributed by atoms with van der Waals surface area (Å²) in [4.78, 5) is 9.40. The quantitative estimate of drug-likeness (QED) is 0.588. The van der Waals surface area contributed by atoms with Gasteiger partial charge in [0.1, 0.15) is 0 Å². The fourth-order valence-corrected chi connectivity index (χ4v) is 1.26. The van der Waals surface area contributed by atoms with E-state index >= 15 is 0 Å². The molecule has 0 radical (unpaired) electrons. The average Bonchev–Trinajstić information content (AvgIpc) is 2.05. The molecule has 0 aliphatic rings. The van der Waals surface area contributed by atoms with Crippen LogP contribution in [0.5, 0.6) is 0 Å². The van der Waals surface area contributed by atoms with E-state index in [0.717, 1.165) is 6.07 Å². The zero-order valence-electron chi connectivity index (χ0n) is 7.21. The van der Waals surface area contributed by atoms with Crippen LogP contribution in [0.4, 0.5) is 13.2 Å². The largest absolute Gasteiger partial charge is 0.417 e. The van der Waals surface area contributed by atoms with E-state index in [1.54, 1.807) is 0 Å². The zero-order valence-corrected chi connectivity index (χ0v) is 7.97. The maximum absolute atomic E-state index is 12.3. The maximum atomic E-state index is 12.3. The van der Waals surface area contributed by atoms with E-state index in [1.807, 2.05) is 0 Å². The molecule has 0 aromatic heterocycles. The molecule has 1 aromatic carbocycles. The van der Waals surface area contributed by atoms with Crippen LogP contribution in [0.15, 0.2) is 18.2 Å². The molecule has 7 heteroatoms. The van der Waals surface area contributed by atoms with Crippen molar-refractivity contribution in [3.05, 3.63) is 44.5 Å². The van der Waals surface area contributed by atoms with Gasteiger partial charge in [0.05, 0.1) is 10.6 Å². The molecular weight excluding hydrogens is 235 g/mol. The van der Waals surface area contributed by atoms with Crippen molar-refractivity contribution in [1.29, 1.82) is 0 Å². The highest BCUT2D eigenvalue weighted by Crippen LogP contribution is 2.35. The van der Waals surface area contributed by atoms with Crippen molar-refractivity contribution in [3.8, 4) is 0 Å². The summed E-state index contributed by atoms with van der Waals surface area (Å²) in [5.41, 5.74) is -1.08. The van der Waals surface area contributed by atoms with Crippen molar-refractivity contribution in [2.75, 3.05) is 0 Å². The van der Waals surface area contributed by atoms with Gasteiger partial charge < -0.3 is 0 Å². The van der Waals surface area contributed by atoms with Gasteiger partial charge in [0.2, 0.25) is 6.54 Å². The van der Waals surface area contributed by atoms with E-state index in [4.69, 9.17) is 11.6 Å². The molecule has 0 amide bonds. The Morgan fingerprint density at radius 1 is 1.40 bits per heavy atom. The van der Waals surface area contributed by atoms with Gasteiger partial charge in [-0.05, 0) is 12.1 Å². The Balaban J connectivity index is 3.11. The normalized spacial score (nSPS) is 11.5. The SMILES string of the molecule is O=[N+]([O-])Cc1ccc(Cl)c(C(F)(F)F)c1. The predicted molar refractivity (Wildman–Crippen MR) is 47.2 cm³/mol. The molecule has 1 rings (SSSR count).